The molecule has 0 amide bonds. The van der Waals surface area contributed by atoms with Crippen LogP contribution in [0, 0.1) is 37.6 Å². The second-order valence-corrected chi connectivity index (χ2v) is 4.22. The van der Waals surface area contributed by atoms with Gasteiger partial charge in [-0.05, 0) is 23.6 Å². The summed E-state index contributed by atoms with van der Waals surface area (Å²) < 4.78 is 36.0. The summed E-state index contributed by atoms with van der Waals surface area (Å²) in [6, 6.07) is 21.1. The molecule has 2 aromatic carbocycles. The van der Waals surface area contributed by atoms with E-state index in [4.69, 9.17) is 9.30 Å². The van der Waals surface area contributed by atoms with E-state index in [2.05, 4.69) is 37.6 Å². The van der Waals surface area contributed by atoms with Crippen LogP contribution in [-0.2, 0) is 37.5 Å². The van der Waals surface area contributed by atoms with E-state index in [1.807, 2.05) is 18.2 Å². The van der Waals surface area contributed by atoms with Gasteiger partial charge in [0.05, 0.1) is 0 Å². The summed E-state index contributed by atoms with van der Waals surface area (Å²) in [5.74, 6) is 0. The Hall–Kier alpha value is -1.32. The van der Waals surface area contributed by atoms with E-state index in [0.717, 1.165) is 5.56 Å². The Bertz CT molecular complexity index is 457. The van der Waals surface area contributed by atoms with Crippen LogP contribution in [0.1, 0.15) is 17.7 Å². The van der Waals surface area contributed by atoms with E-state index in [9.17, 15) is 8.76 Å². The molecule has 6 heteroatoms. The van der Waals surface area contributed by atoms with Crippen LogP contribution >= 0.6 is 0 Å². The molecule has 2 atom stereocenters. The average molecular weight is 342 g/mol. The molecule has 0 aliphatic carbocycles. The van der Waals surface area contributed by atoms with Gasteiger partial charge in [0, 0.05) is 22.3 Å². The fraction of sp³-hybridized carbons (Fsp3) is 0.133. The van der Waals surface area contributed by atoms with E-state index in [1.165, 1.54) is 0 Å². The molecule has 21 heavy (non-hydrogen) atoms. The fourth-order valence-electron chi connectivity index (χ4n) is 1.02. The first-order chi connectivity index (χ1) is 9.72. The summed E-state index contributed by atoms with van der Waals surface area (Å²) >= 11 is -2.01. The molecule has 2 aromatic rings. The fourth-order valence-corrected chi connectivity index (χ4v) is 1.39. The average Bonchev–Trinajstić information content (AvgIpc) is 3.11. The summed E-state index contributed by atoms with van der Waals surface area (Å²) in [6.45, 7) is 10.7. The van der Waals surface area contributed by atoms with E-state index in [-0.39, 0.29) is 17.1 Å². The molecule has 0 heterocycles. The van der Waals surface area contributed by atoms with E-state index < -0.39 is 16.3 Å². The van der Waals surface area contributed by atoms with Crippen LogP contribution in [0.2, 0.25) is 0 Å². The Morgan fingerprint density at radius 1 is 1.14 bits per heavy atom. The summed E-state index contributed by atoms with van der Waals surface area (Å²) in [7, 11) is 0. The molecule has 2 rings (SSSR count). The second-order valence-electron chi connectivity index (χ2n) is 3.00. The molecule has 0 fully saturated rings. The van der Waals surface area contributed by atoms with Gasteiger partial charge in [0.15, 0.2) is 0 Å². The van der Waals surface area contributed by atoms with Gasteiger partial charge in [0.2, 0.25) is 0 Å². The van der Waals surface area contributed by atoms with E-state index in [1.54, 1.807) is 25.1 Å². The monoisotopic (exact) mass is 342 g/mol. The predicted molar refractivity (Wildman–Crippen MR) is 69.0 cm³/mol. The Kier molecular flexibility index (Phi) is 22.0. The number of hydrogen-bond acceptors (Lipinski definition) is 2. The first kappa shape index (κ1) is 24.7. The Labute approximate surface area is 138 Å². The molecule has 0 spiro atoms. The standard InChI is InChI=1S/C8H10O2S.C5H.2CO.Fe/c1-7(11(9)10)8-5-3-2-4-6-8;1-2-4-5-3-1;2*1-2;/h2-7H,1H3,(H,9,10);1H;;;/q;-5;;;/p-1. The molecule has 0 aromatic heterocycles. The molecule has 0 aliphatic rings. The van der Waals surface area contributed by atoms with Crippen LogP contribution < -0.4 is 0 Å². The first-order valence-corrected chi connectivity index (χ1v) is 6.22. The number of rotatable bonds is 2. The zero-order chi connectivity index (χ0) is 15.8. The zero-order valence-corrected chi connectivity index (χ0v) is 12.9. The molecule has 0 saturated heterocycles. The largest absolute Gasteiger partial charge is 0.999 e. The third kappa shape index (κ3) is 13.4. The van der Waals surface area contributed by atoms with Crippen molar-refractivity contribution in [1.29, 1.82) is 0 Å². The van der Waals surface area contributed by atoms with Crippen molar-refractivity contribution in [3.8, 4) is 0 Å². The van der Waals surface area contributed by atoms with Crippen LogP contribution in [0.5, 0.6) is 0 Å². The third-order valence-electron chi connectivity index (χ3n) is 1.91. The Balaban J connectivity index is -0.000000273. The van der Waals surface area contributed by atoms with Gasteiger partial charge in [-0.15, -0.1) is 0 Å². The van der Waals surface area contributed by atoms with E-state index >= 15 is 0 Å². The van der Waals surface area contributed by atoms with Crippen LogP contribution in [0.3, 0.4) is 0 Å². The Morgan fingerprint density at radius 2 is 1.57 bits per heavy atom. The maximum Gasteiger partial charge on any atom is 0 e. The normalized spacial score (nSPS) is 10.4. The number of hydrogen-bond donors (Lipinski definition) is 0. The van der Waals surface area contributed by atoms with Crippen molar-refractivity contribution in [2.45, 2.75) is 12.2 Å². The van der Waals surface area contributed by atoms with Gasteiger partial charge in [0.1, 0.15) is 0 Å². The van der Waals surface area contributed by atoms with Crippen molar-refractivity contribution in [3.63, 3.8) is 0 Å². The maximum atomic E-state index is 10.5. The smallest absolute Gasteiger partial charge is 0 e. The topological polar surface area (TPSA) is 79.9 Å². The zero-order valence-electron chi connectivity index (χ0n) is 10.9. The summed E-state index contributed by atoms with van der Waals surface area (Å²) in [5.41, 5.74) is 0.834. The van der Waals surface area contributed by atoms with Crippen molar-refractivity contribution in [2.24, 2.45) is 0 Å². The van der Waals surface area contributed by atoms with Crippen LogP contribution in [-0.4, -0.2) is 8.76 Å². The Morgan fingerprint density at radius 3 is 1.86 bits per heavy atom. The molecule has 0 aliphatic heterocycles. The molecule has 0 saturated carbocycles. The summed E-state index contributed by atoms with van der Waals surface area (Å²) in [4.78, 5) is 0. The number of benzene rings is 1. The van der Waals surface area contributed by atoms with Gasteiger partial charge in [-0.1, -0.05) is 30.3 Å². The van der Waals surface area contributed by atoms with Gasteiger partial charge in [0.25, 0.3) is 0 Å². The van der Waals surface area contributed by atoms with Crippen LogP contribution in [0.25, 0.3) is 0 Å². The van der Waals surface area contributed by atoms with Gasteiger partial charge in [-0.3, -0.25) is 4.21 Å². The van der Waals surface area contributed by atoms with Crippen molar-refractivity contribution in [1.82, 2.24) is 0 Å². The minimum absolute atomic E-state index is 0. The first-order valence-electron chi connectivity index (χ1n) is 5.08. The molecule has 114 valence electrons. The summed E-state index contributed by atoms with van der Waals surface area (Å²) in [5, 5.41) is -0.406. The van der Waals surface area contributed by atoms with E-state index in [0.29, 0.717) is 0 Å². The molecule has 2 unspecified atom stereocenters. The third-order valence-corrected chi connectivity index (χ3v) is 2.76. The van der Waals surface area contributed by atoms with Gasteiger partial charge < -0.3 is 34.9 Å². The van der Waals surface area contributed by atoms with Gasteiger partial charge >= 0.3 is 22.6 Å². The van der Waals surface area contributed by atoms with Crippen LogP contribution in [0.4, 0.5) is 0 Å². The minimum atomic E-state index is -2.01. The second kappa shape index (κ2) is 18.7. The van der Waals surface area contributed by atoms with Crippen molar-refractivity contribution in [3.05, 3.63) is 79.5 Å². The molecule has 4 nitrogen and oxygen atoms in total. The summed E-state index contributed by atoms with van der Waals surface area (Å²) in [6.07, 6.45) is 0. The van der Waals surface area contributed by atoms with Crippen LogP contribution in [0.15, 0.2) is 36.4 Å². The van der Waals surface area contributed by atoms with Crippen molar-refractivity contribution >= 4 is 11.1 Å². The maximum absolute atomic E-state index is 10.5. The molecular weight excluding hydrogens is 332 g/mol. The predicted octanol–water partition coefficient (Wildman–Crippen LogP) is 2.16. The SMILES string of the molecule is CC(c1ccccc1)S(=O)[O-].[C-]#[O+].[C-]#[O+].[Fe].[c-]1[c-][c-][cH-][c-]1. The molecular formula is C15H10FeO4S-6. The van der Waals surface area contributed by atoms with Gasteiger partial charge in [-0.2, -0.15) is 0 Å². The van der Waals surface area contributed by atoms with Crippen molar-refractivity contribution < 1.29 is 35.1 Å². The quantitative estimate of drug-likeness (QED) is 0.363. The molecule has 0 bridgehead atoms. The minimum Gasteiger partial charge on any atom is -0.999 e. The molecule has 0 N–H and O–H groups in total. The van der Waals surface area contributed by atoms with Crippen molar-refractivity contribution in [2.75, 3.05) is 0 Å². The van der Waals surface area contributed by atoms with Gasteiger partial charge in [-0.25, -0.2) is 0 Å². The molecule has 0 radical (unpaired) electrons.